The lowest BCUT2D eigenvalue weighted by Crippen LogP contribution is -2.26. The minimum atomic E-state index is -3.24. The summed E-state index contributed by atoms with van der Waals surface area (Å²) in [7, 11) is -3.24. The van der Waals surface area contributed by atoms with E-state index < -0.39 is 10.0 Å². The van der Waals surface area contributed by atoms with Crippen molar-refractivity contribution in [3.63, 3.8) is 0 Å². The number of rotatable bonds is 5. The van der Waals surface area contributed by atoms with Gasteiger partial charge in [-0.05, 0) is 49.9 Å². The summed E-state index contributed by atoms with van der Waals surface area (Å²) in [5.41, 5.74) is 4.48. The minimum absolute atomic E-state index is 0.0790. The summed E-state index contributed by atoms with van der Waals surface area (Å²) < 4.78 is 25.8. The highest BCUT2D eigenvalue weighted by Crippen LogP contribution is 2.30. The van der Waals surface area contributed by atoms with Crippen LogP contribution in [0.15, 0.2) is 42.5 Å². The zero-order chi connectivity index (χ0) is 18.7. The van der Waals surface area contributed by atoms with Crippen molar-refractivity contribution in [2.24, 2.45) is 0 Å². The van der Waals surface area contributed by atoms with Crippen molar-refractivity contribution in [3.8, 4) is 0 Å². The molecule has 0 spiro atoms. The summed E-state index contributed by atoms with van der Waals surface area (Å²) in [5.74, 6) is 0.101. The van der Waals surface area contributed by atoms with Gasteiger partial charge in [-0.2, -0.15) is 0 Å². The van der Waals surface area contributed by atoms with Crippen LogP contribution in [0.3, 0.4) is 0 Å². The Balaban J connectivity index is 1.67. The zero-order valence-electron chi connectivity index (χ0n) is 15.2. The van der Waals surface area contributed by atoms with Gasteiger partial charge in [0.2, 0.25) is 15.9 Å². The number of carbonyl (C=O) groups excluding carboxylic acids is 1. The van der Waals surface area contributed by atoms with E-state index in [0.29, 0.717) is 37.2 Å². The molecule has 6 heteroatoms. The fourth-order valence-electron chi connectivity index (χ4n) is 3.10. The maximum Gasteiger partial charge on any atom is 0.235 e. The Morgan fingerprint density at radius 1 is 1.12 bits per heavy atom. The van der Waals surface area contributed by atoms with Gasteiger partial charge in [0.05, 0.1) is 11.4 Å². The summed E-state index contributed by atoms with van der Waals surface area (Å²) in [5, 5.41) is 2.88. The highest BCUT2D eigenvalue weighted by atomic mass is 32.2. The van der Waals surface area contributed by atoms with Crippen LogP contribution in [0.2, 0.25) is 0 Å². The van der Waals surface area contributed by atoms with E-state index in [-0.39, 0.29) is 11.7 Å². The van der Waals surface area contributed by atoms with Crippen molar-refractivity contribution in [2.45, 2.75) is 33.1 Å². The molecule has 2 aromatic carbocycles. The number of nitrogens with zero attached hydrogens (tertiary/aromatic N) is 1. The van der Waals surface area contributed by atoms with Crippen LogP contribution in [-0.2, 0) is 21.2 Å². The van der Waals surface area contributed by atoms with Crippen molar-refractivity contribution < 1.29 is 13.2 Å². The van der Waals surface area contributed by atoms with Crippen molar-refractivity contribution in [3.05, 3.63) is 59.2 Å². The third-order valence-corrected chi connectivity index (χ3v) is 6.48. The van der Waals surface area contributed by atoms with E-state index in [1.807, 2.05) is 50.2 Å². The maximum atomic E-state index is 12.3. The second-order valence-electron chi connectivity index (χ2n) is 6.78. The van der Waals surface area contributed by atoms with Crippen LogP contribution in [-0.4, -0.2) is 26.6 Å². The molecule has 1 fully saturated rings. The van der Waals surface area contributed by atoms with E-state index in [9.17, 15) is 13.2 Å². The molecule has 1 aliphatic heterocycles. The molecule has 0 aliphatic carbocycles. The fraction of sp³-hybridized carbons (Fsp3) is 0.350. The Kier molecular flexibility index (Phi) is 5.32. The Labute approximate surface area is 155 Å². The van der Waals surface area contributed by atoms with Crippen LogP contribution in [0.1, 0.15) is 29.5 Å². The van der Waals surface area contributed by atoms with Gasteiger partial charge < -0.3 is 5.32 Å². The van der Waals surface area contributed by atoms with E-state index in [1.54, 1.807) is 6.07 Å². The zero-order valence-corrected chi connectivity index (χ0v) is 16.0. The standard InChI is InChI=1S/C20H24N2O3S/c1-15-4-7-17(8-5-15)9-11-20(23)21-18-10-6-16(2)19(14-18)22-12-3-13-26(22,24)25/h4-8,10,14H,3,9,11-13H2,1-2H3,(H,21,23). The third-order valence-electron chi connectivity index (χ3n) is 4.62. The number of sulfonamides is 1. The van der Waals surface area contributed by atoms with Crippen LogP contribution in [0, 0.1) is 13.8 Å². The molecule has 0 aromatic heterocycles. The Morgan fingerprint density at radius 3 is 2.50 bits per heavy atom. The summed E-state index contributed by atoms with van der Waals surface area (Å²) in [6.45, 7) is 4.41. The van der Waals surface area contributed by atoms with E-state index in [4.69, 9.17) is 0 Å². The molecule has 1 amide bonds. The van der Waals surface area contributed by atoms with Gasteiger partial charge in [-0.15, -0.1) is 0 Å². The molecule has 2 aromatic rings. The van der Waals surface area contributed by atoms with Gasteiger partial charge in [-0.1, -0.05) is 35.9 Å². The first-order valence-corrected chi connectivity index (χ1v) is 10.4. The maximum absolute atomic E-state index is 12.3. The van der Waals surface area contributed by atoms with Gasteiger partial charge in [-0.3, -0.25) is 9.10 Å². The molecule has 1 heterocycles. The van der Waals surface area contributed by atoms with E-state index in [1.165, 1.54) is 9.87 Å². The van der Waals surface area contributed by atoms with E-state index >= 15 is 0 Å². The lowest BCUT2D eigenvalue weighted by atomic mass is 10.1. The van der Waals surface area contributed by atoms with E-state index in [0.717, 1.165) is 11.1 Å². The molecular weight excluding hydrogens is 348 g/mol. The second-order valence-corrected chi connectivity index (χ2v) is 8.79. The molecule has 0 saturated carbocycles. The molecule has 0 unspecified atom stereocenters. The lowest BCUT2D eigenvalue weighted by molar-refractivity contribution is -0.116. The first-order valence-electron chi connectivity index (χ1n) is 8.82. The summed E-state index contributed by atoms with van der Waals surface area (Å²) in [4.78, 5) is 12.3. The van der Waals surface area contributed by atoms with Gasteiger partial charge in [0.1, 0.15) is 0 Å². The van der Waals surface area contributed by atoms with Crippen LogP contribution in [0.5, 0.6) is 0 Å². The van der Waals surface area contributed by atoms with E-state index in [2.05, 4.69) is 5.32 Å². The highest BCUT2D eigenvalue weighted by molar-refractivity contribution is 7.93. The number of benzene rings is 2. The Morgan fingerprint density at radius 2 is 1.85 bits per heavy atom. The lowest BCUT2D eigenvalue weighted by Gasteiger charge is -2.20. The highest BCUT2D eigenvalue weighted by Gasteiger charge is 2.29. The number of anilines is 2. The molecule has 3 rings (SSSR count). The molecular formula is C20H24N2O3S. The molecule has 1 aliphatic rings. The van der Waals surface area contributed by atoms with Gasteiger partial charge in [0.15, 0.2) is 0 Å². The predicted octanol–water partition coefficient (Wildman–Crippen LogP) is 3.41. The molecule has 26 heavy (non-hydrogen) atoms. The third kappa shape index (κ3) is 4.25. The summed E-state index contributed by atoms with van der Waals surface area (Å²) in [6.07, 6.45) is 1.69. The van der Waals surface area contributed by atoms with Gasteiger partial charge in [-0.25, -0.2) is 8.42 Å². The first-order chi connectivity index (χ1) is 12.3. The van der Waals surface area contributed by atoms with Crippen molar-refractivity contribution in [1.82, 2.24) is 0 Å². The second kappa shape index (κ2) is 7.50. The van der Waals surface area contributed by atoms with Crippen molar-refractivity contribution in [2.75, 3.05) is 21.9 Å². The van der Waals surface area contributed by atoms with Crippen LogP contribution >= 0.6 is 0 Å². The minimum Gasteiger partial charge on any atom is -0.326 e. The average molecular weight is 372 g/mol. The molecule has 0 bridgehead atoms. The first kappa shape index (κ1) is 18.5. The van der Waals surface area contributed by atoms with Crippen LogP contribution in [0.4, 0.5) is 11.4 Å². The fourth-order valence-corrected chi connectivity index (χ4v) is 4.72. The molecule has 1 saturated heterocycles. The largest absolute Gasteiger partial charge is 0.326 e. The number of hydrogen-bond donors (Lipinski definition) is 1. The molecule has 138 valence electrons. The number of nitrogens with one attached hydrogen (secondary N) is 1. The van der Waals surface area contributed by atoms with Crippen LogP contribution < -0.4 is 9.62 Å². The van der Waals surface area contributed by atoms with Crippen LogP contribution in [0.25, 0.3) is 0 Å². The van der Waals surface area contributed by atoms with Crippen molar-refractivity contribution >= 4 is 27.3 Å². The smallest absolute Gasteiger partial charge is 0.235 e. The summed E-state index contributed by atoms with van der Waals surface area (Å²) >= 11 is 0. The SMILES string of the molecule is Cc1ccc(CCC(=O)Nc2ccc(C)c(N3CCCS3(=O)=O)c2)cc1. The molecule has 0 radical (unpaired) electrons. The Bertz CT molecular complexity index is 905. The average Bonchev–Trinajstić information content (AvgIpc) is 2.95. The molecule has 5 nitrogen and oxygen atoms in total. The predicted molar refractivity (Wildman–Crippen MR) is 105 cm³/mol. The van der Waals surface area contributed by atoms with Gasteiger partial charge >= 0.3 is 0 Å². The van der Waals surface area contributed by atoms with Gasteiger partial charge in [0.25, 0.3) is 0 Å². The molecule has 1 N–H and O–H groups in total. The number of carbonyl (C=O) groups is 1. The quantitative estimate of drug-likeness (QED) is 0.875. The monoisotopic (exact) mass is 372 g/mol. The number of aryl methyl sites for hydroxylation is 3. The number of amides is 1. The topological polar surface area (TPSA) is 66.5 Å². The summed E-state index contributed by atoms with van der Waals surface area (Å²) in [6, 6.07) is 13.5. The molecule has 0 atom stereocenters. The van der Waals surface area contributed by atoms with Gasteiger partial charge in [0, 0.05) is 18.7 Å². The normalized spacial score (nSPS) is 15.8. The number of hydrogen-bond acceptors (Lipinski definition) is 3. The Hall–Kier alpha value is -2.34. The van der Waals surface area contributed by atoms with Crippen molar-refractivity contribution in [1.29, 1.82) is 0 Å².